The first-order valence-corrected chi connectivity index (χ1v) is 6.07. The van der Waals surface area contributed by atoms with Gasteiger partial charge >= 0.3 is 0 Å². The zero-order chi connectivity index (χ0) is 13.5. The van der Waals surface area contributed by atoms with Gasteiger partial charge in [-0.25, -0.2) is 0 Å². The molecule has 0 aliphatic carbocycles. The maximum absolute atomic E-state index is 5.83. The molecule has 18 heavy (non-hydrogen) atoms. The van der Waals surface area contributed by atoms with Crippen molar-refractivity contribution in [3.63, 3.8) is 0 Å². The minimum absolute atomic E-state index is 0.243. The van der Waals surface area contributed by atoms with Gasteiger partial charge in [-0.15, -0.1) is 0 Å². The molecule has 1 rings (SSSR count). The average Bonchev–Trinajstić information content (AvgIpc) is 2.38. The molecule has 6 nitrogen and oxygen atoms in total. The Morgan fingerprint density at radius 3 is 1.94 bits per heavy atom. The molecule has 0 radical (unpaired) electrons. The first-order valence-electron chi connectivity index (χ1n) is 6.07. The summed E-state index contributed by atoms with van der Waals surface area (Å²) in [5, 5.41) is 0. The number of hydrogen-bond acceptors (Lipinski definition) is 6. The zero-order valence-electron chi connectivity index (χ0n) is 11.8. The topological polar surface area (TPSA) is 55.4 Å². The van der Waals surface area contributed by atoms with Gasteiger partial charge in [0.05, 0.1) is 6.61 Å². The summed E-state index contributed by atoms with van der Waals surface area (Å²) in [5.41, 5.74) is 0. The van der Waals surface area contributed by atoms with Crippen LogP contribution in [-0.4, -0.2) is 72.4 Å². The highest BCUT2D eigenvalue weighted by atomic mass is 16.7. The maximum atomic E-state index is 5.83. The first-order chi connectivity index (χ1) is 8.73. The van der Waals surface area contributed by atoms with Crippen LogP contribution >= 0.6 is 0 Å². The van der Waals surface area contributed by atoms with E-state index >= 15 is 0 Å². The second-order valence-electron chi connectivity index (χ2n) is 4.05. The van der Waals surface area contributed by atoms with Crippen LogP contribution in [0.25, 0.3) is 0 Å². The fourth-order valence-corrected chi connectivity index (χ4v) is 2.28. The van der Waals surface area contributed by atoms with Gasteiger partial charge < -0.3 is 28.4 Å². The predicted molar refractivity (Wildman–Crippen MR) is 64.6 cm³/mol. The highest BCUT2D eigenvalue weighted by Gasteiger charge is 2.47. The normalized spacial score (nSPS) is 36.8. The van der Waals surface area contributed by atoms with Gasteiger partial charge in [-0.3, -0.25) is 0 Å². The molecule has 1 fully saturated rings. The smallest absolute Gasteiger partial charge is 0.186 e. The van der Waals surface area contributed by atoms with E-state index < -0.39 is 6.29 Å². The van der Waals surface area contributed by atoms with Crippen LogP contribution in [0.15, 0.2) is 0 Å². The van der Waals surface area contributed by atoms with E-state index in [0.29, 0.717) is 13.2 Å². The second-order valence-corrected chi connectivity index (χ2v) is 4.05. The zero-order valence-corrected chi connectivity index (χ0v) is 11.8. The Kier molecular flexibility index (Phi) is 7.06. The average molecular weight is 264 g/mol. The molecule has 0 aromatic carbocycles. The summed E-state index contributed by atoms with van der Waals surface area (Å²) >= 11 is 0. The van der Waals surface area contributed by atoms with Crippen molar-refractivity contribution in [2.24, 2.45) is 0 Å². The van der Waals surface area contributed by atoms with E-state index in [2.05, 4.69) is 0 Å². The Morgan fingerprint density at radius 1 is 0.889 bits per heavy atom. The van der Waals surface area contributed by atoms with Gasteiger partial charge in [0.15, 0.2) is 6.29 Å². The van der Waals surface area contributed by atoms with E-state index in [0.717, 1.165) is 0 Å². The molecule has 1 heterocycles. The molecular formula is C12H24O6. The van der Waals surface area contributed by atoms with E-state index in [-0.39, 0.29) is 24.4 Å². The van der Waals surface area contributed by atoms with E-state index in [1.807, 2.05) is 6.92 Å². The molecule has 1 aliphatic rings. The molecule has 0 aromatic rings. The van der Waals surface area contributed by atoms with Crippen LogP contribution in [0.4, 0.5) is 0 Å². The molecule has 0 bridgehead atoms. The van der Waals surface area contributed by atoms with Crippen LogP contribution in [0.5, 0.6) is 0 Å². The van der Waals surface area contributed by atoms with Gasteiger partial charge in [0.2, 0.25) is 0 Å². The van der Waals surface area contributed by atoms with E-state index in [9.17, 15) is 0 Å². The van der Waals surface area contributed by atoms with Gasteiger partial charge in [-0.05, 0) is 6.92 Å². The largest absolute Gasteiger partial charge is 0.382 e. The van der Waals surface area contributed by atoms with E-state index in [4.69, 9.17) is 28.4 Å². The van der Waals surface area contributed by atoms with Crippen LogP contribution in [0.2, 0.25) is 0 Å². The van der Waals surface area contributed by atoms with Gasteiger partial charge in [-0.2, -0.15) is 0 Å². The first kappa shape index (κ1) is 15.8. The summed E-state index contributed by atoms with van der Waals surface area (Å²) in [4.78, 5) is 0. The van der Waals surface area contributed by atoms with Crippen LogP contribution in [0.1, 0.15) is 6.92 Å². The highest BCUT2D eigenvalue weighted by Crippen LogP contribution is 2.27. The molecule has 0 saturated carbocycles. The summed E-state index contributed by atoms with van der Waals surface area (Å²) in [5.74, 6) is 0. The Balaban J connectivity index is 2.84. The Bertz CT molecular complexity index is 205. The monoisotopic (exact) mass is 264 g/mol. The lowest BCUT2D eigenvalue weighted by atomic mass is 9.98. The van der Waals surface area contributed by atoms with Gasteiger partial charge in [0, 0.05) is 35.0 Å². The second kappa shape index (κ2) is 8.04. The molecule has 1 aliphatic heterocycles. The third kappa shape index (κ3) is 3.40. The van der Waals surface area contributed by atoms with Crippen molar-refractivity contribution >= 4 is 0 Å². The standard InChI is InChI=1S/C12H24O6/c1-6-17-12-11(16-5)10(15-4)9(14-3)8(18-12)7-13-2/h8-12H,6-7H2,1-5H3/t8-,9-,10+,11-,12-/m1/s1. The summed E-state index contributed by atoms with van der Waals surface area (Å²) in [7, 11) is 6.47. The van der Waals surface area contributed by atoms with Crippen LogP contribution in [0.3, 0.4) is 0 Å². The van der Waals surface area contributed by atoms with Crippen molar-refractivity contribution in [1.29, 1.82) is 0 Å². The highest BCUT2D eigenvalue weighted by molar-refractivity contribution is 4.92. The number of methoxy groups -OCH3 is 4. The number of rotatable bonds is 7. The minimum Gasteiger partial charge on any atom is -0.382 e. The molecule has 6 heteroatoms. The van der Waals surface area contributed by atoms with Crippen LogP contribution in [0, 0.1) is 0 Å². The number of hydrogen-bond donors (Lipinski definition) is 0. The van der Waals surface area contributed by atoms with Crippen molar-refractivity contribution in [1.82, 2.24) is 0 Å². The van der Waals surface area contributed by atoms with Crippen molar-refractivity contribution in [2.75, 3.05) is 41.7 Å². The molecule has 5 atom stereocenters. The lowest BCUT2D eigenvalue weighted by Crippen LogP contribution is -2.61. The molecule has 0 unspecified atom stereocenters. The summed E-state index contributed by atoms with van der Waals surface area (Å²) in [6, 6.07) is 0. The molecule has 0 amide bonds. The molecule has 0 spiro atoms. The summed E-state index contributed by atoms with van der Waals surface area (Å²) in [6.45, 7) is 2.86. The summed E-state index contributed by atoms with van der Waals surface area (Å²) < 4.78 is 32.9. The molecule has 1 saturated heterocycles. The Morgan fingerprint density at radius 2 is 1.50 bits per heavy atom. The minimum atomic E-state index is -0.475. The van der Waals surface area contributed by atoms with Gasteiger partial charge in [-0.1, -0.05) is 0 Å². The number of ether oxygens (including phenoxy) is 6. The lowest BCUT2D eigenvalue weighted by Gasteiger charge is -2.44. The lowest BCUT2D eigenvalue weighted by molar-refractivity contribution is -0.312. The molecular weight excluding hydrogens is 240 g/mol. The third-order valence-electron chi connectivity index (χ3n) is 3.07. The molecule has 0 N–H and O–H groups in total. The fourth-order valence-electron chi connectivity index (χ4n) is 2.28. The van der Waals surface area contributed by atoms with Crippen molar-refractivity contribution in [3.05, 3.63) is 0 Å². The van der Waals surface area contributed by atoms with Crippen molar-refractivity contribution in [3.8, 4) is 0 Å². The fraction of sp³-hybridized carbons (Fsp3) is 1.00. The Hall–Kier alpha value is -0.240. The predicted octanol–water partition coefficient (Wildman–Crippen LogP) is 0.439. The third-order valence-corrected chi connectivity index (χ3v) is 3.07. The van der Waals surface area contributed by atoms with Crippen molar-refractivity contribution in [2.45, 2.75) is 37.6 Å². The van der Waals surface area contributed by atoms with Gasteiger partial charge in [0.1, 0.15) is 24.4 Å². The van der Waals surface area contributed by atoms with Gasteiger partial charge in [0.25, 0.3) is 0 Å². The summed E-state index contributed by atoms with van der Waals surface area (Å²) in [6.07, 6.45) is -1.56. The van der Waals surface area contributed by atoms with E-state index in [1.54, 1.807) is 28.4 Å². The Labute approximate surface area is 108 Å². The quantitative estimate of drug-likeness (QED) is 0.665. The van der Waals surface area contributed by atoms with Crippen LogP contribution in [-0.2, 0) is 28.4 Å². The SMILES string of the molecule is CCO[C@@H]1O[C@H](COC)[C@@H](OC)[C@H](OC)[C@H]1OC. The maximum Gasteiger partial charge on any atom is 0.186 e. The van der Waals surface area contributed by atoms with Crippen molar-refractivity contribution < 1.29 is 28.4 Å². The molecule has 0 aromatic heterocycles. The molecule has 108 valence electrons. The van der Waals surface area contributed by atoms with Crippen LogP contribution < -0.4 is 0 Å². The van der Waals surface area contributed by atoms with E-state index in [1.165, 1.54) is 0 Å².